The minimum atomic E-state index is -0.973. The second kappa shape index (κ2) is 4.41. The van der Waals surface area contributed by atoms with Gasteiger partial charge >= 0.3 is 5.97 Å². The number of carboxylic acids is 1. The van der Waals surface area contributed by atoms with Gasteiger partial charge in [-0.1, -0.05) is 0 Å². The molecule has 1 amide bonds. The van der Waals surface area contributed by atoms with Gasteiger partial charge in [0.1, 0.15) is 5.54 Å². The van der Waals surface area contributed by atoms with Crippen molar-refractivity contribution in [2.45, 2.75) is 37.6 Å². The highest BCUT2D eigenvalue weighted by Gasteiger charge is 2.47. The molecule has 89 valence electrons. The first kappa shape index (κ1) is 11.4. The summed E-state index contributed by atoms with van der Waals surface area (Å²) < 4.78 is 0. The monoisotopic (exact) mass is 225 g/mol. The van der Waals surface area contributed by atoms with E-state index in [9.17, 15) is 14.7 Å². The number of likely N-dealkylation sites (tertiary alicyclic amines) is 1. The molecule has 16 heavy (non-hydrogen) atoms. The molecule has 0 saturated carbocycles. The molecule has 2 heterocycles. The van der Waals surface area contributed by atoms with Crippen LogP contribution in [-0.4, -0.2) is 47.1 Å². The van der Waals surface area contributed by atoms with Crippen LogP contribution in [0.15, 0.2) is 0 Å². The first-order valence-corrected chi connectivity index (χ1v) is 5.84. The first-order valence-electron chi connectivity index (χ1n) is 5.84. The van der Waals surface area contributed by atoms with Gasteiger partial charge in [0.25, 0.3) is 0 Å². The van der Waals surface area contributed by atoms with Crippen LogP contribution < -0.4 is 5.32 Å². The molecule has 0 aromatic heterocycles. The Morgan fingerprint density at radius 2 is 2.00 bits per heavy atom. The smallest absolute Gasteiger partial charge is 0.329 e. The van der Waals surface area contributed by atoms with Gasteiger partial charge in [0, 0.05) is 26.1 Å². The third kappa shape index (κ3) is 1.80. The van der Waals surface area contributed by atoms with Crippen LogP contribution >= 0.6 is 0 Å². The number of hydrogen-bond donors (Lipinski definition) is 1. The lowest BCUT2D eigenvalue weighted by atomic mass is 9.84. The highest BCUT2D eigenvalue weighted by Crippen LogP contribution is 2.30. The van der Waals surface area contributed by atoms with Crippen molar-refractivity contribution in [2.75, 3.05) is 19.6 Å². The summed E-state index contributed by atoms with van der Waals surface area (Å²) in [5.41, 5.74) is -0.973. The number of carbonyl (C=O) groups is 2. The number of piperidine rings is 2. The number of nitrogens with zero attached hydrogens (tertiary/aromatic N) is 2. The van der Waals surface area contributed by atoms with Crippen LogP contribution in [0.1, 0.15) is 32.1 Å². The maximum atomic E-state index is 11.8. The Morgan fingerprint density at radius 1 is 1.31 bits per heavy atom. The fourth-order valence-electron chi connectivity index (χ4n) is 2.62. The second-order valence-corrected chi connectivity index (χ2v) is 4.51. The van der Waals surface area contributed by atoms with Gasteiger partial charge in [-0.15, -0.1) is 0 Å². The Morgan fingerprint density at radius 3 is 2.56 bits per heavy atom. The third-order valence-electron chi connectivity index (χ3n) is 3.61. The van der Waals surface area contributed by atoms with Crippen molar-refractivity contribution in [1.82, 2.24) is 10.2 Å². The molecule has 2 rings (SSSR count). The predicted molar refractivity (Wildman–Crippen MR) is 57.0 cm³/mol. The quantitative estimate of drug-likeness (QED) is 0.730. The molecule has 2 fully saturated rings. The highest BCUT2D eigenvalue weighted by molar-refractivity contribution is 5.87. The molecule has 0 unspecified atom stereocenters. The molecule has 2 saturated heterocycles. The number of rotatable bonds is 2. The number of aliphatic carboxylic acids is 1. The highest BCUT2D eigenvalue weighted by atomic mass is 16.4. The van der Waals surface area contributed by atoms with Gasteiger partial charge in [-0.2, -0.15) is 0 Å². The minimum absolute atomic E-state index is 0.00412. The molecule has 5 heteroatoms. The topological polar surface area (TPSA) is 71.7 Å². The Bertz CT molecular complexity index is 296. The van der Waals surface area contributed by atoms with Crippen LogP contribution in [0.4, 0.5) is 0 Å². The van der Waals surface area contributed by atoms with Crippen LogP contribution in [0.25, 0.3) is 0 Å². The number of carbonyl (C=O) groups excluding carboxylic acids is 1. The lowest BCUT2D eigenvalue weighted by Gasteiger charge is -2.44. The van der Waals surface area contributed by atoms with Crippen molar-refractivity contribution in [3.05, 3.63) is 0 Å². The fraction of sp³-hybridized carbons (Fsp3) is 0.818. The van der Waals surface area contributed by atoms with E-state index in [4.69, 9.17) is 0 Å². The van der Waals surface area contributed by atoms with Crippen molar-refractivity contribution >= 4 is 11.9 Å². The SMILES string of the molecule is O=C1CCCCN1C1(C(=O)O)CC[N]CC1. The maximum Gasteiger partial charge on any atom is 0.329 e. The first-order chi connectivity index (χ1) is 7.67. The van der Waals surface area contributed by atoms with Gasteiger partial charge in [0.2, 0.25) is 5.91 Å². The summed E-state index contributed by atoms with van der Waals surface area (Å²) >= 11 is 0. The van der Waals surface area contributed by atoms with Crippen molar-refractivity contribution in [1.29, 1.82) is 0 Å². The number of hydrogen-bond acceptors (Lipinski definition) is 2. The Balaban J connectivity index is 2.23. The zero-order valence-corrected chi connectivity index (χ0v) is 9.31. The summed E-state index contributed by atoms with van der Waals surface area (Å²) in [4.78, 5) is 24.9. The van der Waals surface area contributed by atoms with Crippen molar-refractivity contribution in [3.8, 4) is 0 Å². The van der Waals surface area contributed by atoms with Gasteiger partial charge in [-0.25, -0.2) is 10.1 Å². The largest absolute Gasteiger partial charge is 0.479 e. The zero-order chi connectivity index (χ0) is 11.6. The van der Waals surface area contributed by atoms with Gasteiger partial charge in [-0.3, -0.25) is 4.79 Å². The molecule has 2 aliphatic heterocycles. The van der Waals surface area contributed by atoms with E-state index in [-0.39, 0.29) is 5.91 Å². The van der Waals surface area contributed by atoms with Crippen LogP contribution in [0.5, 0.6) is 0 Å². The minimum Gasteiger partial charge on any atom is -0.479 e. The van der Waals surface area contributed by atoms with E-state index in [0.29, 0.717) is 38.9 Å². The second-order valence-electron chi connectivity index (χ2n) is 4.51. The lowest BCUT2D eigenvalue weighted by Crippen LogP contribution is -2.61. The predicted octanol–water partition coefficient (Wildman–Crippen LogP) is 0.220. The molecule has 0 spiro atoms. The molecule has 2 aliphatic rings. The van der Waals surface area contributed by atoms with E-state index in [0.717, 1.165) is 12.8 Å². The standard InChI is InChI=1S/C11H17N2O3/c14-9-3-1-2-8-13(9)11(10(15)16)4-6-12-7-5-11/h1-8H2,(H,15,16). The third-order valence-corrected chi connectivity index (χ3v) is 3.61. The van der Waals surface area contributed by atoms with Crippen molar-refractivity contribution in [3.63, 3.8) is 0 Å². The average Bonchev–Trinajstić information content (AvgIpc) is 2.30. The Labute approximate surface area is 94.8 Å². The number of carboxylic acid groups (broad SMARTS) is 1. The van der Waals surface area contributed by atoms with Gasteiger partial charge in [-0.05, 0) is 25.7 Å². The van der Waals surface area contributed by atoms with Crippen LogP contribution in [0.3, 0.4) is 0 Å². The van der Waals surface area contributed by atoms with E-state index in [1.165, 1.54) is 0 Å². The summed E-state index contributed by atoms with van der Waals surface area (Å²) in [6.45, 7) is 1.69. The summed E-state index contributed by atoms with van der Waals surface area (Å²) in [5.74, 6) is -0.867. The van der Waals surface area contributed by atoms with E-state index >= 15 is 0 Å². The van der Waals surface area contributed by atoms with E-state index in [1.807, 2.05) is 0 Å². The summed E-state index contributed by atoms with van der Waals surface area (Å²) in [7, 11) is 0. The van der Waals surface area contributed by atoms with E-state index < -0.39 is 11.5 Å². The van der Waals surface area contributed by atoms with E-state index in [1.54, 1.807) is 4.90 Å². The average molecular weight is 225 g/mol. The summed E-state index contributed by atoms with van der Waals surface area (Å²) in [5, 5.41) is 13.6. The van der Waals surface area contributed by atoms with E-state index in [2.05, 4.69) is 5.32 Å². The summed E-state index contributed by atoms with van der Waals surface area (Å²) in [6.07, 6.45) is 3.22. The molecule has 0 atom stereocenters. The van der Waals surface area contributed by atoms with Gasteiger partial charge in [0.15, 0.2) is 0 Å². The Kier molecular flexibility index (Phi) is 3.14. The van der Waals surface area contributed by atoms with Crippen LogP contribution in [-0.2, 0) is 9.59 Å². The fourth-order valence-corrected chi connectivity index (χ4v) is 2.62. The van der Waals surface area contributed by atoms with Crippen molar-refractivity contribution in [2.24, 2.45) is 0 Å². The molecule has 5 nitrogen and oxygen atoms in total. The molecule has 1 radical (unpaired) electrons. The molecular formula is C11H17N2O3. The molecular weight excluding hydrogens is 208 g/mol. The number of amides is 1. The molecule has 0 aliphatic carbocycles. The molecule has 1 N–H and O–H groups in total. The maximum absolute atomic E-state index is 11.8. The van der Waals surface area contributed by atoms with Gasteiger partial charge < -0.3 is 10.0 Å². The molecule has 0 bridgehead atoms. The summed E-state index contributed by atoms with van der Waals surface area (Å²) in [6, 6.07) is 0. The lowest BCUT2D eigenvalue weighted by molar-refractivity contribution is -0.163. The van der Waals surface area contributed by atoms with Crippen LogP contribution in [0.2, 0.25) is 0 Å². The molecule has 0 aromatic rings. The zero-order valence-electron chi connectivity index (χ0n) is 9.31. The van der Waals surface area contributed by atoms with Crippen molar-refractivity contribution < 1.29 is 14.7 Å². The molecule has 0 aromatic carbocycles. The normalized spacial score (nSPS) is 25.5. The van der Waals surface area contributed by atoms with Gasteiger partial charge in [0.05, 0.1) is 0 Å². The van der Waals surface area contributed by atoms with Crippen LogP contribution in [0, 0.1) is 0 Å². The Hall–Kier alpha value is -1.10.